The van der Waals surface area contributed by atoms with Gasteiger partial charge in [-0.2, -0.15) is 0 Å². The highest BCUT2D eigenvalue weighted by Crippen LogP contribution is 2.06. The van der Waals surface area contributed by atoms with E-state index in [0.29, 0.717) is 0 Å². The lowest BCUT2D eigenvalue weighted by atomic mass is 10.1. The van der Waals surface area contributed by atoms with Crippen molar-refractivity contribution in [2.75, 3.05) is 0 Å². The fourth-order valence-electron chi connectivity index (χ4n) is 1.07. The van der Waals surface area contributed by atoms with Crippen LogP contribution < -0.4 is 0 Å². The Hall–Kier alpha value is 0.272. The second kappa shape index (κ2) is 9.27. The maximum atomic E-state index is 3.70. The van der Waals surface area contributed by atoms with Crippen LogP contribution in [0.1, 0.15) is 38.5 Å². The van der Waals surface area contributed by atoms with E-state index in [1.807, 2.05) is 6.08 Å². The molecule has 0 amide bonds. The first-order valence-electron chi connectivity index (χ1n) is 4.52. The van der Waals surface area contributed by atoms with Gasteiger partial charge in [0.2, 0.25) is 16.3 Å². The third kappa shape index (κ3) is 8.27. The van der Waals surface area contributed by atoms with E-state index in [1.54, 1.807) is 0 Å². The van der Waals surface area contributed by atoms with Crippen LogP contribution in [-0.2, 0) is 0 Å². The number of unbranched alkanes of at least 4 members (excludes halogenated alkanes) is 5. The smallest absolute Gasteiger partial charge is 0.103 e. The maximum Gasteiger partial charge on any atom is 0.211 e. The summed E-state index contributed by atoms with van der Waals surface area (Å²) in [5.74, 6) is 0. The predicted octanol–water partition coefficient (Wildman–Crippen LogP) is 2.56. The molecule has 58 valence electrons. The highest BCUT2D eigenvalue weighted by molar-refractivity contribution is 6.08. The third-order valence-corrected chi connectivity index (χ3v) is 2.47. The SMILES string of the molecule is C=CCCCCCC[CH2][AlH2]. The van der Waals surface area contributed by atoms with Crippen LogP contribution in [0.2, 0.25) is 5.28 Å². The first kappa shape index (κ1) is 10.3. The molecule has 0 unspecified atom stereocenters. The van der Waals surface area contributed by atoms with Gasteiger partial charge in [0, 0.05) is 0 Å². The van der Waals surface area contributed by atoms with Crippen molar-refractivity contribution in [3.8, 4) is 0 Å². The quantitative estimate of drug-likeness (QED) is 0.300. The van der Waals surface area contributed by atoms with Crippen molar-refractivity contribution in [2.45, 2.75) is 43.8 Å². The minimum absolute atomic E-state index is 1.21. The molecule has 0 heterocycles. The number of hydrogen-bond donors (Lipinski definition) is 0. The molecule has 0 fully saturated rings. The van der Waals surface area contributed by atoms with Gasteiger partial charge in [0.25, 0.3) is 0 Å². The van der Waals surface area contributed by atoms with Gasteiger partial charge in [-0.1, -0.05) is 31.8 Å². The summed E-state index contributed by atoms with van der Waals surface area (Å²) in [5.41, 5.74) is 0. The van der Waals surface area contributed by atoms with Gasteiger partial charge in [0.15, 0.2) is 0 Å². The largest absolute Gasteiger partial charge is 0.211 e. The zero-order chi connectivity index (χ0) is 7.66. The fraction of sp³-hybridized carbons (Fsp3) is 0.778. The maximum absolute atomic E-state index is 3.70. The van der Waals surface area contributed by atoms with Crippen LogP contribution in [0, 0.1) is 0 Å². The van der Waals surface area contributed by atoms with E-state index >= 15 is 0 Å². The standard InChI is InChI=1S/C9H17.Al.2H/c1-3-5-7-9-8-6-4-2;;;/h3H,1-2,4-9H2;;;. The molecule has 0 bridgehead atoms. The summed E-state index contributed by atoms with van der Waals surface area (Å²) >= 11 is 1.39. The molecule has 0 N–H and O–H groups in total. The lowest BCUT2D eigenvalue weighted by molar-refractivity contribution is 0.637. The zero-order valence-electron chi connectivity index (χ0n) is 7.23. The van der Waals surface area contributed by atoms with E-state index in [4.69, 9.17) is 0 Å². The lowest BCUT2D eigenvalue weighted by Crippen LogP contribution is -1.77. The van der Waals surface area contributed by atoms with Crippen LogP contribution in [-0.4, -0.2) is 16.3 Å². The summed E-state index contributed by atoms with van der Waals surface area (Å²) in [7, 11) is 0. The summed E-state index contributed by atoms with van der Waals surface area (Å²) in [6, 6.07) is 0. The molecule has 0 aromatic heterocycles. The summed E-state index contributed by atoms with van der Waals surface area (Å²) in [4.78, 5) is 0. The highest BCUT2D eigenvalue weighted by atomic mass is 27.0. The minimum Gasteiger partial charge on any atom is -0.103 e. The van der Waals surface area contributed by atoms with E-state index in [2.05, 4.69) is 6.58 Å². The Morgan fingerprint density at radius 3 is 2.20 bits per heavy atom. The monoisotopic (exact) mass is 154 g/mol. The van der Waals surface area contributed by atoms with Crippen LogP contribution in [0.4, 0.5) is 0 Å². The van der Waals surface area contributed by atoms with Gasteiger partial charge in [-0.15, -0.1) is 11.9 Å². The Morgan fingerprint density at radius 1 is 1.00 bits per heavy atom. The molecular weight excluding hydrogens is 135 g/mol. The van der Waals surface area contributed by atoms with Crippen LogP contribution in [0.15, 0.2) is 12.7 Å². The Balaban J connectivity index is 2.70. The molecule has 10 heavy (non-hydrogen) atoms. The predicted molar refractivity (Wildman–Crippen MR) is 51.3 cm³/mol. The summed E-state index contributed by atoms with van der Waals surface area (Å²) < 4.78 is 0. The summed E-state index contributed by atoms with van der Waals surface area (Å²) in [6.45, 7) is 3.70. The molecule has 1 heteroatoms. The molecule has 0 saturated carbocycles. The Labute approximate surface area is 73.1 Å². The van der Waals surface area contributed by atoms with Crippen molar-refractivity contribution in [3.63, 3.8) is 0 Å². The van der Waals surface area contributed by atoms with Crippen LogP contribution >= 0.6 is 0 Å². The molecule has 0 aromatic rings. The number of hydrogen-bond acceptors (Lipinski definition) is 0. The van der Waals surface area contributed by atoms with Gasteiger partial charge in [-0.25, -0.2) is 0 Å². The Morgan fingerprint density at radius 2 is 1.60 bits per heavy atom. The van der Waals surface area contributed by atoms with Gasteiger partial charge in [-0.3, -0.25) is 0 Å². The summed E-state index contributed by atoms with van der Waals surface area (Å²) in [5, 5.41) is 1.49. The zero-order valence-corrected chi connectivity index (χ0v) is 9.23. The topological polar surface area (TPSA) is 0 Å². The first-order valence-corrected chi connectivity index (χ1v) is 5.94. The Kier molecular flexibility index (Phi) is 9.53. The molecule has 0 aromatic carbocycles. The molecule has 0 radical (unpaired) electrons. The van der Waals surface area contributed by atoms with Gasteiger partial charge in [-0.05, 0) is 12.8 Å². The van der Waals surface area contributed by atoms with E-state index < -0.39 is 0 Å². The van der Waals surface area contributed by atoms with Crippen LogP contribution in [0.3, 0.4) is 0 Å². The van der Waals surface area contributed by atoms with Crippen LogP contribution in [0.5, 0.6) is 0 Å². The van der Waals surface area contributed by atoms with Crippen molar-refractivity contribution in [3.05, 3.63) is 12.7 Å². The van der Waals surface area contributed by atoms with E-state index in [-0.39, 0.29) is 0 Å². The Bertz CT molecular complexity index is 69.1. The molecule has 0 aliphatic heterocycles. The van der Waals surface area contributed by atoms with Gasteiger partial charge in [0.1, 0.15) is 0 Å². The van der Waals surface area contributed by atoms with E-state index in [1.165, 1.54) is 60.1 Å². The molecule has 0 aliphatic rings. The molecule has 0 spiro atoms. The van der Waals surface area contributed by atoms with Crippen molar-refractivity contribution < 1.29 is 0 Å². The second-order valence-electron chi connectivity index (χ2n) is 2.85. The number of rotatable bonds is 7. The molecular formula is C9H19Al. The van der Waals surface area contributed by atoms with Gasteiger partial charge < -0.3 is 0 Å². The van der Waals surface area contributed by atoms with Crippen molar-refractivity contribution in [2.24, 2.45) is 0 Å². The molecule has 0 saturated heterocycles. The molecule has 0 atom stereocenters. The molecule has 0 nitrogen and oxygen atoms in total. The first-order chi connectivity index (χ1) is 4.91. The summed E-state index contributed by atoms with van der Waals surface area (Å²) in [6.07, 6.45) is 10.4. The van der Waals surface area contributed by atoms with E-state index in [9.17, 15) is 0 Å². The highest BCUT2D eigenvalue weighted by Gasteiger charge is 1.86. The number of allylic oxidation sites excluding steroid dienone is 1. The van der Waals surface area contributed by atoms with Crippen molar-refractivity contribution >= 4 is 16.3 Å². The van der Waals surface area contributed by atoms with Crippen molar-refractivity contribution in [1.29, 1.82) is 0 Å². The average molecular weight is 154 g/mol. The van der Waals surface area contributed by atoms with Gasteiger partial charge in [0.05, 0.1) is 0 Å². The third-order valence-electron chi connectivity index (χ3n) is 1.76. The molecule has 0 aliphatic carbocycles. The van der Waals surface area contributed by atoms with Gasteiger partial charge >= 0.3 is 0 Å². The lowest BCUT2D eigenvalue weighted by Gasteiger charge is -1.96. The van der Waals surface area contributed by atoms with Crippen molar-refractivity contribution in [1.82, 2.24) is 0 Å². The fourth-order valence-corrected chi connectivity index (χ4v) is 1.57. The second-order valence-corrected chi connectivity index (χ2v) is 3.85. The minimum atomic E-state index is 1.21. The molecule has 0 rings (SSSR count). The average Bonchev–Trinajstić information content (AvgIpc) is 1.97. The normalized spacial score (nSPS) is 9.60. The van der Waals surface area contributed by atoms with E-state index in [0.717, 1.165) is 0 Å². The van der Waals surface area contributed by atoms with Crippen LogP contribution in [0.25, 0.3) is 0 Å².